The van der Waals surface area contributed by atoms with E-state index in [1.807, 2.05) is 0 Å². The molecule has 1 N–H and O–H groups in total. The van der Waals surface area contributed by atoms with Crippen LogP contribution in [0.2, 0.25) is 0 Å². The number of rotatable bonds is 5. The Labute approximate surface area is 139 Å². The molecule has 5 nitrogen and oxygen atoms in total. The molecule has 0 saturated carbocycles. The Bertz CT molecular complexity index is 733. The molecule has 0 fully saturated rings. The van der Waals surface area contributed by atoms with Gasteiger partial charge in [0.2, 0.25) is 5.91 Å². The Morgan fingerprint density at radius 1 is 1.26 bits per heavy atom. The number of hydrogen-bond acceptors (Lipinski definition) is 3. The molecule has 0 bridgehead atoms. The molecule has 2 amide bonds. The van der Waals surface area contributed by atoms with E-state index in [9.17, 15) is 18.4 Å². The van der Waals surface area contributed by atoms with Crippen LogP contribution in [-0.4, -0.2) is 30.3 Å². The molecule has 2 rings (SSSR count). The second kappa shape index (κ2) is 7.36. The van der Waals surface area contributed by atoms with Crippen LogP contribution in [0.5, 0.6) is 0 Å². The minimum Gasteiger partial charge on any atom is -0.444 e. The monoisotopic (exact) mass is 386 g/mol. The summed E-state index contributed by atoms with van der Waals surface area (Å²) in [4.78, 5) is 24.9. The Hall–Kier alpha value is -2.22. The maximum atomic E-state index is 13.5. The van der Waals surface area contributed by atoms with E-state index < -0.39 is 23.4 Å². The fourth-order valence-electron chi connectivity index (χ4n) is 1.81. The fourth-order valence-corrected chi connectivity index (χ4v) is 2.11. The molecule has 0 radical (unpaired) electrons. The maximum absolute atomic E-state index is 13.5. The lowest BCUT2D eigenvalue weighted by atomic mass is 10.2. The van der Waals surface area contributed by atoms with Crippen LogP contribution in [0.3, 0.4) is 0 Å². The first-order valence-corrected chi connectivity index (χ1v) is 7.37. The number of amides is 2. The number of carbonyl (C=O) groups is 2. The third-order valence-electron chi connectivity index (χ3n) is 3.05. The lowest BCUT2D eigenvalue weighted by Gasteiger charge is -2.17. The molecular weight excluding hydrogens is 374 g/mol. The Kier molecular flexibility index (Phi) is 5.49. The average Bonchev–Trinajstić information content (AvgIpc) is 2.93. The summed E-state index contributed by atoms with van der Waals surface area (Å²) < 4.78 is 31.8. The molecule has 1 aromatic carbocycles. The molecule has 0 unspecified atom stereocenters. The van der Waals surface area contributed by atoms with Crippen molar-refractivity contribution in [2.45, 2.75) is 6.54 Å². The molecule has 8 heteroatoms. The van der Waals surface area contributed by atoms with Gasteiger partial charge in [0, 0.05) is 25.2 Å². The van der Waals surface area contributed by atoms with Gasteiger partial charge in [0.05, 0.1) is 6.54 Å². The topological polar surface area (TPSA) is 62.6 Å². The zero-order valence-corrected chi connectivity index (χ0v) is 13.7. The van der Waals surface area contributed by atoms with Crippen molar-refractivity contribution >= 4 is 27.7 Å². The van der Waals surface area contributed by atoms with Crippen molar-refractivity contribution in [3.05, 3.63) is 58.0 Å². The zero-order chi connectivity index (χ0) is 17.0. The van der Waals surface area contributed by atoms with Crippen molar-refractivity contribution in [1.29, 1.82) is 0 Å². The first-order chi connectivity index (χ1) is 10.9. The van der Waals surface area contributed by atoms with Gasteiger partial charge in [0.25, 0.3) is 5.91 Å². The summed E-state index contributed by atoms with van der Waals surface area (Å²) in [6.07, 6.45) is 0. The van der Waals surface area contributed by atoms with E-state index in [-0.39, 0.29) is 24.4 Å². The van der Waals surface area contributed by atoms with Crippen LogP contribution in [0.4, 0.5) is 8.78 Å². The van der Waals surface area contributed by atoms with E-state index >= 15 is 0 Å². The molecule has 0 spiro atoms. The number of halogens is 3. The van der Waals surface area contributed by atoms with Gasteiger partial charge < -0.3 is 14.6 Å². The van der Waals surface area contributed by atoms with Gasteiger partial charge >= 0.3 is 0 Å². The van der Waals surface area contributed by atoms with E-state index in [2.05, 4.69) is 21.2 Å². The summed E-state index contributed by atoms with van der Waals surface area (Å²) in [7, 11) is 1.46. The van der Waals surface area contributed by atoms with Gasteiger partial charge in [0.15, 0.2) is 10.4 Å². The van der Waals surface area contributed by atoms with Crippen LogP contribution in [0.25, 0.3) is 0 Å². The number of likely N-dealkylation sites (N-methyl/N-ethyl adjacent to an activating group) is 1. The van der Waals surface area contributed by atoms with E-state index in [0.717, 1.165) is 12.1 Å². The van der Waals surface area contributed by atoms with Gasteiger partial charge in [-0.1, -0.05) is 6.07 Å². The Morgan fingerprint density at radius 3 is 2.61 bits per heavy atom. The summed E-state index contributed by atoms with van der Waals surface area (Å²) in [6, 6.07) is 6.16. The number of hydrogen-bond donors (Lipinski definition) is 1. The number of nitrogens with zero attached hydrogens (tertiary/aromatic N) is 1. The van der Waals surface area contributed by atoms with Crippen molar-refractivity contribution in [1.82, 2.24) is 10.2 Å². The van der Waals surface area contributed by atoms with Gasteiger partial charge in [-0.05, 0) is 34.1 Å². The van der Waals surface area contributed by atoms with Gasteiger partial charge in [-0.2, -0.15) is 0 Å². The predicted octanol–water partition coefficient (Wildman–Crippen LogP) is 2.71. The fraction of sp³-hybridized carbons (Fsp3) is 0.200. The largest absolute Gasteiger partial charge is 0.444 e. The Balaban J connectivity index is 1.88. The number of furan rings is 1. The first-order valence-electron chi connectivity index (χ1n) is 6.58. The highest BCUT2D eigenvalue weighted by Crippen LogP contribution is 2.14. The van der Waals surface area contributed by atoms with E-state index in [4.69, 9.17) is 4.42 Å². The van der Waals surface area contributed by atoms with E-state index in [1.54, 1.807) is 6.07 Å². The SMILES string of the molecule is CN(Cc1ccc(F)cc1F)C(=O)CNC(=O)c1ccc(Br)o1. The van der Waals surface area contributed by atoms with Crippen LogP contribution >= 0.6 is 15.9 Å². The highest BCUT2D eigenvalue weighted by atomic mass is 79.9. The quantitative estimate of drug-likeness (QED) is 0.859. The highest BCUT2D eigenvalue weighted by molar-refractivity contribution is 9.10. The lowest BCUT2D eigenvalue weighted by molar-refractivity contribution is -0.129. The van der Waals surface area contributed by atoms with Gasteiger partial charge in [-0.15, -0.1) is 0 Å². The summed E-state index contributed by atoms with van der Waals surface area (Å²) >= 11 is 3.07. The molecule has 1 aromatic heterocycles. The molecule has 2 aromatic rings. The number of nitrogens with one attached hydrogen (secondary N) is 1. The van der Waals surface area contributed by atoms with Crippen molar-refractivity contribution in [3.63, 3.8) is 0 Å². The van der Waals surface area contributed by atoms with Crippen molar-refractivity contribution in [3.8, 4) is 0 Å². The van der Waals surface area contributed by atoms with Crippen LogP contribution in [-0.2, 0) is 11.3 Å². The molecule has 0 aliphatic heterocycles. The first kappa shape index (κ1) is 17.1. The molecule has 0 aliphatic rings. The van der Waals surface area contributed by atoms with E-state index in [0.29, 0.717) is 4.67 Å². The Morgan fingerprint density at radius 2 is 2.00 bits per heavy atom. The van der Waals surface area contributed by atoms with Crippen molar-refractivity contribution in [2.75, 3.05) is 13.6 Å². The summed E-state index contributed by atoms with van der Waals surface area (Å²) in [5.74, 6) is -2.30. The highest BCUT2D eigenvalue weighted by Gasteiger charge is 2.15. The molecule has 23 heavy (non-hydrogen) atoms. The molecular formula is C15H13BrF2N2O3. The van der Waals surface area contributed by atoms with Crippen LogP contribution in [0, 0.1) is 11.6 Å². The van der Waals surface area contributed by atoms with Crippen LogP contribution in [0.1, 0.15) is 16.1 Å². The van der Waals surface area contributed by atoms with E-state index in [1.165, 1.54) is 24.1 Å². The van der Waals surface area contributed by atoms with Crippen LogP contribution in [0.15, 0.2) is 39.4 Å². The number of benzene rings is 1. The second-order valence-corrected chi connectivity index (χ2v) is 5.55. The smallest absolute Gasteiger partial charge is 0.287 e. The lowest BCUT2D eigenvalue weighted by Crippen LogP contribution is -2.37. The third-order valence-corrected chi connectivity index (χ3v) is 3.47. The average molecular weight is 387 g/mol. The molecule has 0 aliphatic carbocycles. The summed E-state index contributed by atoms with van der Waals surface area (Å²) in [5.41, 5.74) is 0.184. The summed E-state index contributed by atoms with van der Waals surface area (Å²) in [5, 5.41) is 2.40. The third kappa shape index (κ3) is 4.62. The van der Waals surface area contributed by atoms with Gasteiger partial charge in [-0.3, -0.25) is 9.59 Å². The summed E-state index contributed by atoms with van der Waals surface area (Å²) in [6.45, 7) is -0.302. The minimum atomic E-state index is -0.728. The molecule has 0 atom stereocenters. The zero-order valence-electron chi connectivity index (χ0n) is 12.1. The second-order valence-electron chi connectivity index (χ2n) is 4.77. The van der Waals surface area contributed by atoms with Crippen molar-refractivity contribution < 1.29 is 22.8 Å². The molecule has 0 saturated heterocycles. The van der Waals surface area contributed by atoms with Gasteiger partial charge in [0.1, 0.15) is 11.6 Å². The predicted molar refractivity (Wildman–Crippen MR) is 81.6 cm³/mol. The van der Waals surface area contributed by atoms with Crippen molar-refractivity contribution in [2.24, 2.45) is 0 Å². The normalized spacial score (nSPS) is 10.4. The maximum Gasteiger partial charge on any atom is 0.287 e. The van der Waals surface area contributed by atoms with Gasteiger partial charge in [-0.25, -0.2) is 8.78 Å². The number of carbonyl (C=O) groups excluding carboxylic acids is 2. The standard InChI is InChI=1S/C15H13BrF2N2O3/c1-20(8-9-2-3-10(17)6-11(9)18)14(21)7-19-15(22)12-4-5-13(16)23-12/h2-6H,7-8H2,1H3,(H,19,22). The molecule has 122 valence electrons. The minimum absolute atomic E-state index is 0.0346. The molecule has 1 heterocycles. The van der Waals surface area contributed by atoms with Crippen LogP contribution < -0.4 is 5.32 Å².